The number of aliphatic hydroxyl groups is 1. The third-order valence-corrected chi connectivity index (χ3v) is 7.05. The summed E-state index contributed by atoms with van der Waals surface area (Å²) in [7, 11) is 0. The van der Waals surface area contributed by atoms with Crippen molar-refractivity contribution in [3.8, 4) is 0 Å². The molecule has 12 heteroatoms. The summed E-state index contributed by atoms with van der Waals surface area (Å²) < 4.78 is 5.21. The average Bonchev–Trinajstić information content (AvgIpc) is 3.01. The number of aliphatic carboxylic acids is 1. The summed E-state index contributed by atoms with van der Waals surface area (Å²) in [5, 5.41) is 30.7. The van der Waals surface area contributed by atoms with E-state index in [-0.39, 0.29) is 13.0 Å². The number of benzene rings is 2. The van der Waals surface area contributed by atoms with Crippen LogP contribution in [-0.2, 0) is 30.5 Å². The van der Waals surface area contributed by atoms with Crippen molar-refractivity contribution in [3.05, 3.63) is 71.8 Å². The van der Waals surface area contributed by atoms with Gasteiger partial charge in [-0.25, -0.2) is 9.59 Å². The first kappa shape index (κ1) is 35.7. The number of alkyl carbamates (subject to hydrolysis) is 1. The Labute approximate surface area is 257 Å². The second-order valence-electron chi connectivity index (χ2n) is 10.9. The number of amides is 4. The second-order valence-corrected chi connectivity index (χ2v) is 10.9. The number of nitrogens with one attached hydrogen (secondary N) is 4. The summed E-state index contributed by atoms with van der Waals surface area (Å²) in [4.78, 5) is 64.0. The number of rotatable bonds is 17. The first-order valence-corrected chi connectivity index (χ1v) is 14.7. The van der Waals surface area contributed by atoms with Crippen LogP contribution in [0.3, 0.4) is 0 Å². The van der Waals surface area contributed by atoms with Gasteiger partial charge in [-0.3, -0.25) is 14.4 Å². The first-order chi connectivity index (χ1) is 21.0. The highest BCUT2D eigenvalue weighted by Gasteiger charge is 2.39. The number of hydrogen-bond donors (Lipinski definition) is 6. The lowest BCUT2D eigenvalue weighted by atomic mass is 9.86. The van der Waals surface area contributed by atoms with Crippen LogP contribution in [-0.4, -0.2) is 64.7 Å². The van der Waals surface area contributed by atoms with Crippen molar-refractivity contribution in [1.29, 1.82) is 0 Å². The highest BCUT2D eigenvalue weighted by atomic mass is 16.5. The second kappa shape index (κ2) is 18.3. The van der Waals surface area contributed by atoms with Crippen LogP contribution >= 0.6 is 0 Å². The van der Waals surface area contributed by atoms with Crippen LogP contribution in [0.25, 0.3) is 0 Å². The molecule has 44 heavy (non-hydrogen) atoms. The van der Waals surface area contributed by atoms with E-state index in [1.165, 1.54) is 6.92 Å². The minimum Gasteiger partial charge on any atom is -0.480 e. The van der Waals surface area contributed by atoms with Gasteiger partial charge in [0.05, 0.1) is 12.6 Å². The van der Waals surface area contributed by atoms with E-state index in [1.54, 1.807) is 68.4 Å². The van der Waals surface area contributed by atoms with Gasteiger partial charge in [0, 0.05) is 12.3 Å². The van der Waals surface area contributed by atoms with Crippen LogP contribution < -0.4 is 21.3 Å². The third kappa shape index (κ3) is 11.3. The van der Waals surface area contributed by atoms with Crippen molar-refractivity contribution in [2.45, 2.75) is 77.7 Å². The summed E-state index contributed by atoms with van der Waals surface area (Å²) in [6.45, 7) is 5.95. The molecule has 0 aliphatic heterocycles. The van der Waals surface area contributed by atoms with E-state index < -0.39 is 72.4 Å². The number of hydrogen-bond acceptors (Lipinski definition) is 7. The van der Waals surface area contributed by atoms with Gasteiger partial charge in [0.15, 0.2) is 0 Å². The Balaban J connectivity index is 2.33. The van der Waals surface area contributed by atoms with E-state index in [9.17, 15) is 34.2 Å². The van der Waals surface area contributed by atoms with Gasteiger partial charge in [-0.1, -0.05) is 87.9 Å². The molecule has 4 amide bonds. The predicted molar refractivity (Wildman–Crippen MR) is 163 cm³/mol. The Morgan fingerprint density at radius 2 is 1.41 bits per heavy atom. The Morgan fingerprint density at radius 3 is 1.95 bits per heavy atom. The van der Waals surface area contributed by atoms with Gasteiger partial charge < -0.3 is 36.2 Å². The number of carboxylic acid groups (broad SMARTS) is 1. The maximum absolute atomic E-state index is 13.6. The lowest BCUT2D eigenvalue weighted by molar-refractivity contribution is -0.144. The van der Waals surface area contributed by atoms with E-state index in [0.717, 1.165) is 12.0 Å². The highest BCUT2D eigenvalue weighted by molar-refractivity contribution is 5.91. The molecular formula is C32H44N4O8. The van der Waals surface area contributed by atoms with Crippen molar-refractivity contribution in [1.82, 2.24) is 21.3 Å². The van der Waals surface area contributed by atoms with Crippen molar-refractivity contribution in [2.24, 2.45) is 11.8 Å². The molecule has 0 radical (unpaired) electrons. The Kier molecular flexibility index (Phi) is 14.8. The molecule has 0 fully saturated rings. The van der Waals surface area contributed by atoms with Gasteiger partial charge in [-0.05, 0) is 30.4 Å². The summed E-state index contributed by atoms with van der Waals surface area (Å²) in [5.41, 5.74) is 1.28. The molecule has 3 unspecified atom stereocenters. The van der Waals surface area contributed by atoms with Gasteiger partial charge in [0.25, 0.3) is 0 Å². The molecular weight excluding hydrogens is 568 g/mol. The van der Waals surface area contributed by atoms with Crippen LogP contribution in [0.15, 0.2) is 60.7 Å². The first-order valence-electron chi connectivity index (χ1n) is 14.7. The van der Waals surface area contributed by atoms with E-state index in [2.05, 4.69) is 21.3 Å². The van der Waals surface area contributed by atoms with Crippen LogP contribution in [0.5, 0.6) is 0 Å². The molecule has 0 aliphatic carbocycles. The molecule has 0 saturated carbocycles. The van der Waals surface area contributed by atoms with Crippen molar-refractivity contribution < 1.29 is 38.9 Å². The molecule has 2 aromatic rings. The van der Waals surface area contributed by atoms with E-state index in [1.807, 2.05) is 13.0 Å². The smallest absolute Gasteiger partial charge is 0.408 e. The number of carboxylic acids is 1. The molecule has 0 aromatic heterocycles. The van der Waals surface area contributed by atoms with Gasteiger partial charge in [0.1, 0.15) is 24.7 Å². The van der Waals surface area contributed by atoms with Crippen LogP contribution in [0.1, 0.15) is 64.1 Å². The van der Waals surface area contributed by atoms with Gasteiger partial charge in [0.2, 0.25) is 17.7 Å². The summed E-state index contributed by atoms with van der Waals surface area (Å²) >= 11 is 0. The zero-order valence-corrected chi connectivity index (χ0v) is 25.6. The average molecular weight is 613 g/mol. The number of unbranched alkanes of at least 4 members (excludes halogenated alkanes) is 1. The highest BCUT2D eigenvalue weighted by Crippen LogP contribution is 2.26. The van der Waals surface area contributed by atoms with Crippen LogP contribution in [0.2, 0.25) is 0 Å². The minimum atomic E-state index is -1.41. The largest absolute Gasteiger partial charge is 0.480 e. The molecule has 0 aliphatic rings. The molecule has 6 N–H and O–H groups in total. The number of aliphatic hydroxyl groups excluding tert-OH is 1. The van der Waals surface area contributed by atoms with Gasteiger partial charge in [-0.15, -0.1) is 0 Å². The fraction of sp³-hybridized carbons (Fsp3) is 0.469. The molecule has 240 valence electrons. The SMILES string of the molecule is CCCCC(=O)NC(C(=O)NC(C(=O)O)C(C)C)C(CO)[C@H](NC(=O)[C@H](C)NC(=O)OCc1ccccc1)c1ccccc1. The lowest BCUT2D eigenvalue weighted by Gasteiger charge is -2.34. The van der Waals surface area contributed by atoms with Crippen LogP contribution in [0.4, 0.5) is 4.79 Å². The molecule has 5 atom stereocenters. The van der Waals surface area contributed by atoms with Gasteiger partial charge >= 0.3 is 12.1 Å². The minimum absolute atomic E-state index is 0.00245. The lowest BCUT2D eigenvalue weighted by Crippen LogP contribution is -2.59. The standard InChI is InChI=1S/C32H44N4O8/c1-5-6-17-25(38)34-28(30(40)35-26(20(2)3)31(41)42)24(18-37)27(23-15-11-8-12-16-23)36-29(39)21(4)33-32(43)44-19-22-13-9-7-10-14-22/h7-16,20-21,24,26-28,37H,5-6,17-19H2,1-4H3,(H,33,43)(H,34,38)(H,35,40)(H,36,39)(H,41,42)/t21-,24?,26?,27+,28?/m0/s1. The monoisotopic (exact) mass is 612 g/mol. The van der Waals surface area contributed by atoms with E-state index in [4.69, 9.17) is 4.74 Å². The van der Waals surface area contributed by atoms with E-state index in [0.29, 0.717) is 12.0 Å². The Bertz CT molecular complexity index is 1230. The molecule has 12 nitrogen and oxygen atoms in total. The van der Waals surface area contributed by atoms with Crippen molar-refractivity contribution in [3.63, 3.8) is 0 Å². The Hall–Kier alpha value is -4.45. The number of carbonyl (C=O) groups is 5. The quantitative estimate of drug-likeness (QED) is 0.158. The summed E-state index contributed by atoms with van der Waals surface area (Å²) in [6.07, 6.45) is 0.569. The zero-order valence-electron chi connectivity index (χ0n) is 25.6. The van der Waals surface area contributed by atoms with Gasteiger partial charge in [-0.2, -0.15) is 0 Å². The maximum Gasteiger partial charge on any atom is 0.408 e. The zero-order chi connectivity index (χ0) is 32.6. The van der Waals surface area contributed by atoms with Crippen LogP contribution in [0, 0.1) is 11.8 Å². The molecule has 0 bridgehead atoms. The van der Waals surface area contributed by atoms with E-state index >= 15 is 0 Å². The fourth-order valence-corrected chi connectivity index (χ4v) is 4.49. The number of ether oxygens (including phenoxy) is 1. The molecule has 0 saturated heterocycles. The summed E-state index contributed by atoms with van der Waals surface area (Å²) in [5.74, 6) is -4.77. The summed E-state index contributed by atoms with van der Waals surface area (Å²) in [6, 6.07) is 12.8. The topological polar surface area (TPSA) is 183 Å². The fourth-order valence-electron chi connectivity index (χ4n) is 4.49. The predicted octanol–water partition coefficient (Wildman–Crippen LogP) is 2.67. The Morgan fingerprint density at radius 1 is 0.795 bits per heavy atom. The van der Waals surface area contributed by atoms with Crippen molar-refractivity contribution in [2.75, 3.05) is 6.61 Å². The van der Waals surface area contributed by atoms with Crippen molar-refractivity contribution >= 4 is 29.8 Å². The molecule has 0 heterocycles. The maximum atomic E-state index is 13.6. The normalized spacial score (nSPS) is 14.3. The molecule has 2 aromatic carbocycles. The molecule has 2 rings (SSSR count). The number of carbonyl (C=O) groups excluding carboxylic acids is 4. The molecule has 0 spiro atoms. The third-order valence-electron chi connectivity index (χ3n) is 7.05.